The number of hydrogen-bond donors (Lipinski definition) is 0. The molecule has 0 amide bonds. The molecule has 1 atom stereocenters. The van der Waals surface area contributed by atoms with Crippen molar-refractivity contribution in [1.29, 1.82) is 0 Å². The van der Waals surface area contributed by atoms with Gasteiger partial charge in [0.25, 0.3) is 0 Å². The van der Waals surface area contributed by atoms with Crippen LogP contribution in [0.4, 0.5) is 4.39 Å². The molecular weight excluding hydrogens is 235 g/mol. The molecule has 19 heavy (non-hydrogen) atoms. The minimum atomic E-state index is -0.123. The predicted molar refractivity (Wildman–Crippen MR) is 78.4 cm³/mol. The fraction of sp³-hybridized carbons (Fsp3) is 0.222. The van der Waals surface area contributed by atoms with E-state index in [2.05, 4.69) is 31.2 Å². The highest BCUT2D eigenvalue weighted by Gasteiger charge is 2.26. The second-order valence-corrected chi connectivity index (χ2v) is 5.05. The van der Waals surface area contributed by atoms with Crippen molar-refractivity contribution in [2.24, 2.45) is 0 Å². The summed E-state index contributed by atoms with van der Waals surface area (Å²) in [6, 6.07) is 15.5. The number of benzene rings is 2. The second-order valence-electron chi connectivity index (χ2n) is 5.05. The molecule has 1 unspecified atom stereocenters. The zero-order chi connectivity index (χ0) is 13.2. The molecule has 0 nitrogen and oxygen atoms in total. The van der Waals surface area contributed by atoms with Gasteiger partial charge >= 0.3 is 0 Å². The van der Waals surface area contributed by atoms with E-state index in [1.54, 1.807) is 12.1 Å². The molecule has 1 aliphatic rings. The van der Waals surface area contributed by atoms with Crippen LogP contribution < -0.4 is 0 Å². The molecule has 96 valence electrons. The SMILES string of the molecule is CCCC1C(c2ccccc2F)=Cc2ccccc21. The van der Waals surface area contributed by atoms with Crippen molar-refractivity contribution in [2.45, 2.75) is 25.7 Å². The maximum absolute atomic E-state index is 14.0. The number of halogens is 1. The van der Waals surface area contributed by atoms with Crippen molar-refractivity contribution < 1.29 is 4.39 Å². The Morgan fingerprint density at radius 1 is 1.00 bits per heavy atom. The Hall–Kier alpha value is -1.89. The van der Waals surface area contributed by atoms with Crippen molar-refractivity contribution in [1.82, 2.24) is 0 Å². The molecule has 1 aliphatic carbocycles. The molecule has 0 spiro atoms. The van der Waals surface area contributed by atoms with Crippen LogP contribution in [0.2, 0.25) is 0 Å². The normalized spacial score (nSPS) is 17.2. The summed E-state index contributed by atoms with van der Waals surface area (Å²) < 4.78 is 14.0. The highest BCUT2D eigenvalue weighted by atomic mass is 19.1. The maximum Gasteiger partial charge on any atom is 0.130 e. The lowest BCUT2D eigenvalue weighted by Crippen LogP contribution is -2.00. The minimum Gasteiger partial charge on any atom is -0.206 e. The Kier molecular flexibility index (Phi) is 3.20. The maximum atomic E-state index is 14.0. The van der Waals surface area contributed by atoms with E-state index in [4.69, 9.17) is 0 Å². The monoisotopic (exact) mass is 252 g/mol. The van der Waals surface area contributed by atoms with Crippen molar-refractivity contribution in [3.05, 3.63) is 71.0 Å². The van der Waals surface area contributed by atoms with E-state index >= 15 is 0 Å². The molecule has 1 heteroatoms. The van der Waals surface area contributed by atoms with Crippen LogP contribution in [0, 0.1) is 5.82 Å². The van der Waals surface area contributed by atoms with Crippen LogP contribution in [-0.2, 0) is 0 Å². The first-order valence-electron chi connectivity index (χ1n) is 6.86. The van der Waals surface area contributed by atoms with Crippen molar-refractivity contribution in [3.8, 4) is 0 Å². The van der Waals surface area contributed by atoms with E-state index in [-0.39, 0.29) is 5.82 Å². The molecule has 0 fully saturated rings. The number of fused-ring (bicyclic) bond motifs is 1. The molecule has 0 aliphatic heterocycles. The van der Waals surface area contributed by atoms with Crippen LogP contribution in [0.5, 0.6) is 0 Å². The summed E-state index contributed by atoms with van der Waals surface area (Å²) in [5.74, 6) is 0.209. The summed E-state index contributed by atoms with van der Waals surface area (Å²) in [6.07, 6.45) is 4.32. The van der Waals surface area contributed by atoms with Crippen molar-refractivity contribution in [2.75, 3.05) is 0 Å². The third kappa shape index (κ3) is 2.10. The fourth-order valence-electron chi connectivity index (χ4n) is 2.96. The van der Waals surface area contributed by atoms with Gasteiger partial charge in [0.1, 0.15) is 5.82 Å². The van der Waals surface area contributed by atoms with Crippen molar-refractivity contribution in [3.63, 3.8) is 0 Å². The zero-order valence-electron chi connectivity index (χ0n) is 11.1. The summed E-state index contributed by atoms with van der Waals surface area (Å²) in [6.45, 7) is 2.18. The van der Waals surface area contributed by atoms with Crippen LogP contribution in [0.15, 0.2) is 48.5 Å². The predicted octanol–water partition coefficient (Wildman–Crippen LogP) is 5.26. The van der Waals surface area contributed by atoms with Gasteiger partial charge in [0, 0.05) is 11.5 Å². The summed E-state index contributed by atoms with van der Waals surface area (Å²) >= 11 is 0. The molecular formula is C18H17F. The first-order chi connectivity index (χ1) is 9.31. The van der Waals surface area contributed by atoms with Gasteiger partial charge in [-0.3, -0.25) is 0 Å². The van der Waals surface area contributed by atoms with Gasteiger partial charge in [-0.15, -0.1) is 0 Å². The van der Waals surface area contributed by atoms with Crippen LogP contribution in [0.1, 0.15) is 42.4 Å². The molecule has 0 heterocycles. The minimum absolute atomic E-state index is 0.123. The molecule has 0 saturated carbocycles. The summed E-state index contributed by atoms with van der Waals surface area (Å²) in [7, 11) is 0. The number of rotatable bonds is 3. The molecule has 2 aromatic carbocycles. The molecule has 3 rings (SSSR count). The van der Waals surface area contributed by atoms with Gasteiger partial charge in [-0.1, -0.05) is 61.9 Å². The average molecular weight is 252 g/mol. The third-order valence-electron chi connectivity index (χ3n) is 3.82. The summed E-state index contributed by atoms with van der Waals surface area (Å²) in [5, 5.41) is 0. The van der Waals surface area contributed by atoms with Gasteiger partial charge < -0.3 is 0 Å². The van der Waals surface area contributed by atoms with E-state index in [0.717, 1.165) is 24.0 Å². The van der Waals surface area contributed by atoms with Crippen LogP contribution in [0.3, 0.4) is 0 Å². The quantitative estimate of drug-likeness (QED) is 0.698. The lowest BCUT2D eigenvalue weighted by molar-refractivity contribution is 0.620. The largest absolute Gasteiger partial charge is 0.206 e. The first-order valence-corrected chi connectivity index (χ1v) is 6.86. The van der Waals surface area contributed by atoms with E-state index in [0.29, 0.717) is 5.92 Å². The Bertz CT molecular complexity index is 625. The van der Waals surface area contributed by atoms with Gasteiger partial charge in [-0.2, -0.15) is 0 Å². The summed E-state index contributed by atoms with van der Waals surface area (Å²) in [5.41, 5.74) is 4.44. The fourth-order valence-corrected chi connectivity index (χ4v) is 2.96. The Morgan fingerprint density at radius 2 is 1.74 bits per heavy atom. The number of allylic oxidation sites excluding steroid dienone is 1. The van der Waals surface area contributed by atoms with Crippen LogP contribution in [-0.4, -0.2) is 0 Å². The topological polar surface area (TPSA) is 0 Å². The Labute approximate surface area is 113 Å². The highest BCUT2D eigenvalue weighted by Crippen LogP contribution is 2.44. The van der Waals surface area contributed by atoms with E-state index in [1.807, 2.05) is 18.2 Å². The molecule has 0 bridgehead atoms. The van der Waals surface area contributed by atoms with Gasteiger partial charge in [0.15, 0.2) is 0 Å². The van der Waals surface area contributed by atoms with Gasteiger partial charge in [-0.05, 0) is 29.2 Å². The Balaban J connectivity index is 2.10. The van der Waals surface area contributed by atoms with Crippen LogP contribution >= 0.6 is 0 Å². The number of hydrogen-bond acceptors (Lipinski definition) is 0. The molecule has 0 aromatic heterocycles. The van der Waals surface area contributed by atoms with Gasteiger partial charge in [-0.25, -0.2) is 4.39 Å². The van der Waals surface area contributed by atoms with E-state index in [1.165, 1.54) is 11.1 Å². The van der Waals surface area contributed by atoms with Gasteiger partial charge in [0.2, 0.25) is 0 Å². The van der Waals surface area contributed by atoms with E-state index in [9.17, 15) is 4.39 Å². The molecule has 0 N–H and O–H groups in total. The third-order valence-corrected chi connectivity index (χ3v) is 3.82. The average Bonchev–Trinajstić information content (AvgIpc) is 2.79. The Morgan fingerprint density at radius 3 is 2.53 bits per heavy atom. The highest BCUT2D eigenvalue weighted by molar-refractivity contribution is 5.91. The smallest absolute Gasteiger partial charge is 0.130 e. The lowest BCUT2D eigenvalue weighted by Gasteiger charge is -2.16. The molecule has 0 radical (unpaired) electrons. The molecule has 0 saturated heterocycles. The van der Waals surface area contributed by atoms with Gasteiger partial charge in [0.05, 0.1) is 0 Å². The van der Waals surface area contributed by atoms with Crippen LogP contribution in [0.25, 0.3) is 11.6 Å². The van der Waals surface area contributed by atoms with Crippen molar-refractivity contribution >= 4 is 11.6 Å². The lowest BCUT2D eigenvalue weighted by atomic mass is 9.88. The standard InChI is InChI=1S/C18H17F/c1-2-7-15-14-9-4-3-8-13(14)12-17(15)16-10-5-6-11-18(16)19/h3-6,8-12,15H,2,7H2,1H3. The zero-order valence-corrected chi connectivity index (χ0v) is 11.1. The molecule has 2 aromatic rings. The first kappa shape index (κ1) is 12.2. The summed E-state index contributed by atoms with van der Waals surface area (Å²) in [4.78, 5) is 0. The van der Waals surface area contributed by atoms with E-state index < -0.39 is 0 Å². The second kappa shape index (κ2) is 5.00.